The largest absolute Gasteiger partial charge is 0.493 e. The van der Waals surface area contributed by atoms with Gasteiger partial charge >= 0.3 is 5.97 Å². The topological polar surface area (TPSA) is 132 Å². The normalized spacial score (nSPS) is 10.7. The molecule has 1 N–H and O–H groups in total. The lowest BCUT2D eigenvalue weighted by Gasteiger charge is -2.11. The smallest absolute Gasteiger partial charge is 0.308 e. The van der Waals surface area contributed by atoms with Crippen molar-refractivity contribution in [3.8, 4) is 17.6 Å². The first-order valence-corrected chi connectivity index (χ1v) is 9.26. The van der Waals surface area contributed by atoms with Gasteiger partial charge in [-0.2, -0.15) is 5.26 Å². The lowest BCUT2D eigenvalue weighted by molar-refractivity contribution is -0.383. The number of halogens is 2. The summed E-state index contributed by atoms with van der Waals surface area (Å²) in [4.78, 5) is 34.2. The number of nitrogens with one attached hydrogen (secondary N) is 1. The van der Waals surface area contributed by atoms with Gasteiger partial charge in [0.25, 0.3) is 11.6 Å². The highest BCUT2D eigenvalue weighted by Crippen LogP contribution is 2.37. The molecule has 0 aliphatic rings. The van der Waals surface area contributed by atoms with Gasteiger partial charge in [-0.05, 0) is 51.8 Å². The number of hydrogen-bond acceptors (Lipinski definition) is 7. The number of nitriles is 1. The fourth-order valence-corrected chi connectivity index (χ4v) is 3.04. The van der Waals surface area contributed by atoms with Gasteiger partial charge in [0.1, 0.15) is 17.3 Å². The Labute approximate surface area is 184 Å². The highest BCUT2D eigenvalue weighted by Gasteiger charge is 2.19. The number of benzene rings is 2. The van der Waals surface area contributed by atoms with Gasteiger partial charge in [0.05, 0.1) is 16.5 Å². The first-order valence-electron chi connectivity index (χ1n) is 8.09. The molecule has 0 unspecified atom stereocenters. The molecule has 2 aromatic carbocycles. The van der Waals surface area contributed by atoms with E-state index in [0.717, 1.165) is 6.07 Å². The van der Waals surface area contributed by atoms with E-state index in [9.17, 15) is 25.0 Å². The van der Waals surface area contributed by atoms with E-state index in [4.69, 9.17) is 21.1 Å². The van der Waals surface area contributed by atoms with E-state index in [1.165, 1.54) is 44.4 Å². The van der Waals surface area contributed by atoms with E-state index in [1.807, 2.05) is 0 Å². The number of nitrogens with zero attached hydrogens (tertiary/aromatic N) is 2. The fourth-order valence-electron chi connectivity index (χ4n) is 2.33. The van der Waals surface area contributed by atoms with Crippen molar-refractivity contribution in [2.24, 2.45) is 0 Å². The van der Waals surface area contributed by atoms with Gasteiger partial charge < -0.3 is 14.8 Å². The van der Waals surface area contributed by atoms with Crippen molar-refractivity contribution in [3.05, 3.63) is 61.1 Å². The van der Waals surface area contributed by atoms with Crippen LogP contribution in [-0.2, 0) is 9.59 Å². The zero-order chi connectivity index (χ0) is 22.4. The van der Waals surface area contributed by atoms with Crippen LogP contribution in [0, 0.1) is 21.4 Å². The van der Waals surface area contributed by atoms with Gasteiger partial charge in [0, 0.05) is 18.0 Å². The lowest BCUT2D eigenvalue weighted by atomic mass is 10.1. The Bertz CT molecular complexity index is 1110. The molecule has 0 aliphatic heterocycles. The van der Waals surface area contributed by atoms with Crippen LogP contribution in [0.25, 0.3) is 6.08 Å². The van der Waals surface area contributed by atoms with Crippen molar-refractivity contribution >= 4 is 56.9 Å². The Kier molecular flexibility index (Phi) is 7.52. The summed E-state index contributed by atoms with van der Waals surface area (Å²) in [5.74, 6) is -1.08. The number of hydrogen-bond donors (Lipinski definition) is 1. The third kappa shape index (κ3) is 5.56. The molecule has 0 radical (unpaired) electrons. The molecule has 0 fully saturated rings. The highest BCUT2D eigenvalue weighted by atomic mass is 79.9. The van der Waals surface area contributed by atoms with E-state index in [-0.39, 0.29) is 27.8 Å². The molecule has 0 saturated heterocycles. The van der Waals surface area contributed by atoms with Crippen LogP contribution in [0.2, 0.25) is 5.02 Å². The van der Waals surface area contributed by atoms with Crippen molar-refractivity contribution < 1.29 is 24.0 Å². The minimum Gasteiger partial charge on any atom is -0.493 e. The van der Waals surface area contributed by atoms with Gasteiger partial charge in [-0.25, -0.2) is 0 Å². The summed E-state index contributed by atoms with van der Waals surface area (Å²) >= 11 is 9.00. The third-order valence-electron chi connectivity index (χ3n) is 3.58. The summed E-state index contributed by atoms with van der Waals surface area (Å²) in [6.07, 6.45) is 1.25. The Morgan fingerprint density at radius 1 is 1.33 bits per heavy atom. The van der Waals surface area contributed by atoms with Gasteiger partial charge in [-0.3, -0.25) is 19.7 Å². The summed E-state index contributed by atoms with van der Waals surface area (Å²) in [5.41, 5.74) is -0.469. The van der Waals surface area contributed by atoms with Gasteiger partial charge in [0.2, 0.25) is 0 Å². The molecule has 30 heavy (non-hydrogen) atoms. The van der Waals surface area contributed by atoms with Crippen molar-refractivity contribution in [2.45, 2.75) is 6.92 Å². The van der Waals surface area contributed by atoms with E-state index >= 15 is 0 Å². The molecular weight excluding hydrogens is 482 g/mol. The van der Waals surface area contributed by atoms with Crippen LogP contribution in [-0.4, -0.2) is 23.9 Å². The molecule has 2 rings (SSSR count). The SMILES string of the molecule is COc1cc(C=C(C#N)C(=O)Nc2ccc(Cl)cc2[N+](=O)[O-])cc(Br)c1OC(C)=O. The molecular formula is C19H13BrClN3O6. The molecule has 0 aromatic heterocycles. The fraction of sp³-hybridized carbons (Fsp3) is 0.105. The average Bonchev–Trinajstić information content (AvgIpc) is 2.68. The lowest BCUT2D eigenvalue weighted by Crippen LogP contribution is -2.14. The van der Waals surface area contributed by atoms with Crippen LogP contribution in [0.1, 0.15) is 12.5 Å². The maximum absolute atomic E-state index is 12.5. The van der Waals surface area contributed by atoms with Crippen molar-refractivity contribution in [2.75, 3.05) is 12.4 Å². The number of esters is 1. The molecule has 0 atom stereocenters. The molecule has 1 amide bonds. The van der Waals surface area contributed by atoms with E-state index in [1.54, 1.807) is 6.07 Å². The minimum atomic E-state index is -0.859. The highest BCUT2D eigenvalue weighted by molar-refractivity contribution is 9.10. The zero-order valence-corrected chi connectivity index (χ0v) is 17.9. The number of carbonyl (C=O) groups excluding carboxylic acids is 2. The number of nitro groups is 1. The molecule has 2 aromatic rings. The minimum absolute atomic E-state index is 0.112. The predicted octanol–water partition coefficient (Wildman–Crippen LogP) is 4.49. The van der Waals surface area contributed by atoms with Gasteiger partial charge in [-0.15, -0.1) is 0 Å². The molecule has 11 heteroatoms. The summed E-state index contributed by atoms with van der Waals surface area (Å²) in [7, 11) is 1.36. The first kappa shape index (κ1) is 22.9. The number of ether oxygens (including phenoxy) is 2. The standard InChI is InChI=1S/C19H13BrClN3O6/c1-10(25)30-18-14(20)6-11(7-17(18)29-2)5-12(9-22)19(26)23-15-4-3-13(21)8-16(15)24(27)28/h3-8H,1-2H3,(H,23,26). The Morgan fingerprint density at radius 2 is 2.03 bits per heavy atom. The summed E-state index contributed by atoms with van der Waals surface area (Å²) in [6.45, 7) is 1.23. The van der Waals surface area contributed by atoms with Crippen LogP contribution >= 0.6 is 27.5 Å². The molecule has 9 nitrogen and oxygen atoms in total. The van der Waals surface area contributed by atoms with E-state index in [2.05, 4.69) is 21.2 Å². The van der Waals surface area contributed by atoms with Crippen LogP contribution in [0.5, 0.6) is 11.5 Å². The van der Waals surface area contributed by atoms with Crippen LogP contribution < -0.4 is 14.8 Å². The van der Waals surface area contributed by atoms with Gasteiger partial charge in [0.15, 0.2) is 11.5 Å². The van der Waals surface area contributed by atoms with Crippen molar-refractivity contribution in [3.63, 3.8) is 0 Å². The van der Waals surface area contributed by atoms with Crippen molar-refractivity contribution in [1.82, 2.24) is 0 Å². The number of anilines is 1. The second-order valence-corrected chi connectivity index (χ2v) is 6.96. The maximum Gasteiger partial charge on any atom is 0.308 e. The summed E-state index contributed by atoms with van der Waals surface area (Å²) in [6, 6.07) is 8.43. The quantitative estimate of drug-likeness (QED) is 0.156. The molecule has 0 aliphatic carbocycles. The van der Waals surface area contributed by atoms with Crippen LogP contribution in [0.4, 0.5) is 11.4 Å². The molecule has 0 heterocycles. The molecule has 0 spiro atoms. The number of amides is 1. The van der Waals surface area contributed by atoms with E-state index in [0.29, 0.717) is 10.0 Å². The zero-order valence-electron chi connectivity index (χ0n) is 15.6. The summed E-state index contributed by atoms with van der Waals surface area (Å²) in [5, 5.41) is 23.0. The van der Waals surface area contributed by atoms with Crippen molar-refractivity contribution in [1.29, 1.82) is 5.26 Å². The molecule has 0 bridgehead atoms. The number of methoxy groups -OCH3 is 1. The first-order chi connectivity index (χ1) is 14.2. The number of carbonyl (C=O) groups is 2. The second kappa shape index (κ2) is 9.87. The predicted molar refractivity (Wildman–Crippen MR) is 112 cm³/mol. The Morgan fingerprint density at radius 3 is 2.60 bits per heavy atom. The monoisotopic (exact) mass is 493 g/mol. The van der Waals surface area contributed by atoms with Gasteiger partial charge in [-0.1, -0.05) is 11.6 Å². The molecule has 0 saturated carbocycles. The maximum atomic E-state index is 12.5. The summed E-state index contributed by atoms with van der Waals surface area (Å²) < 4.78 is 10.6. The Balaban J connectivity index is 2.40. The number of rotatable bonds is 6. The number of nitro benzene ring substituents is 1. The second-order valence-electron chi connectivity index (χ2n) is 5.67. The third-order valence-corrected chi connectivity index (χ3v) is 4.40. The van der Waals surface area contributed by atoms with Crippen LogP contribution in [0.3, 0.4) is 0 Å². The van der Waals surface area contributed by atoms with Crippen LogP contribution in [0.15, 0.2) is 40.4 Å². The molecule has 154 valence electrons. The average molecular weight is 495 g/mol. The Hall–Kier alpha value is -3.42. The van der Waals surface area contributed by atoms with E-state index < -0.39 is 22.5 Å².